The highest BCUT2D eigenvalue weighted by atomic mass is 19.1. The van der Waals surface area contributed by atoms with Gasteiger partial charge in [0.25, 0.3) is 0 Å². The lowest BCUT2D eigenvalue weighted by Crippen LogP contribution is -1.95. The number of nitrogens with one attached hydrogen (secondary N) is 2. The second-order valence-electron chi connectivity index (χ2n) is 5.56. The number of ether oxygens (including phenoxy) is 1. The SMILES string of the molecule is COc1ccc(C=NNc2ncnc3c2[nH]c2ccc(F)cc23)cc1O. The van der Waals surface area contributed by atoms with Crippen LogP contribution in [0.25, 0.3) is 21.9 Å². The fraction of sp³-hybridized carbons (Fsp3) is 0.0556. The maximum Gasteiger partial charge on any atom is 0.174 e. The number of phenols is 1. The summed E-state index contributed by atoms with van der Waals surface area (Å²) in [6, 6.07) is 9.39. The number of fused-ring (bicyclic) bond motifs is 3. The molecule has 4 rings (SSSR count). The Morgan fingerprint density at radius 3 is 2.92 bits per heavy atom. The molecule has 0 aliphatic rings. The zero-order valence-corrected chi connectivity index (χ0v) is 13.7. The highest BCUT2D eigenvalue weighted by Gasteiger charge is 2.10. The molecule has 0 spiro atoms. The predicted octanol–water partition coefficient (Wildman–Crippen LogP) is 3.41. The molecular weight excluding hydrogens is 337 g/mol. The molecule has 0 radical (unpaired) electrons. The number of aromatic hydroxyl groups is 1. The van der Waals surface area contributed by atoms with Crippen LogP contribution in [-0.4, -0.2) is 33.4 Å². The number of aromatic amines is 1. The minimum Gasteiger partial charge on any atom is -0.504 e. The number of methoxy groups -OCH3 is 1. The van der Waals surface area contributed by atoms with Crippen LogP contribution in [0.3, 0.4) is 0 Å². The van der Waals surface area contributed by atoms with E-state index in [2.05, 4.69) is 25.5 Å². The van der Waals surface area contributed by atoms with Gasteiger partial charge in [0.05, 0.1) is 13.3 Å². The number of phenolic OH excluding ortho intramolecular Hbond substituents is 1. The van der Waals surface area contributed by atoms with E-state index in [-0.39, 0.29) is 11.6 Å². The summed E-state index contributed by atoms with van der Waals surface area (Å²) in [6.07, 6.45) is 2.92. The smallest absolute Gasteiger partial charge is 0.174 e. The van der Waals surface area contributed by atoms with Crippen LogP contribution in [-0.2, 0) is 0 Å². The summed E-state index contributed by atoms with van der Waals surface area (Å²) in [4.78, 5) is 11.6. The Bertz CT molecular complexity index is 1140. The minimum absolute atomic E-state index is 0.0264. The summed E-state index contributed by atoms with van der Waals surface area (Å²) in [5, 5.41) is 14.6. The van der Waals surface area contributed by atoms with Crippen molar-refractivity contribution in [1.82, 2.24) is 15.0 Å². The molecule has 0 unspecified atom stereocenters. The molecule has 0 atom stereocenters. The number of halogens is 1. The van der Waals surface area contributed by atoms with Gasteiger partial charge < -0.3 is 14.8 Å². The average molecular weight is 351 g/mol. The molecule has 4 aromatic rings. The molecule has 0 bridgehead atoms. The molecule has 7 nitrogen and oxygen atoms in total. The summed E-state index contributed by atoms with van der Waals surface area (Å²) in [7, 11) is 1.48. The number of rotatable bonds is 4. The Balaban J connectivity index is 1.65. The number of nitrogens with zero attached hydrogens (tertiary/aromatic N) is 3. The monoisotopic (exact) mass is 351 g/mol. The third-order valence-electron chi connectivity index (χ3n) is 3.93. The van der Waals surface area contributed by atoms with Crippen molar-refractivity contribution in [3.05, 3.63) is 54.1 Å². The van der Waals surface area contributed by atoms with Crippen molar-refractivity contribution in [3.8, 4) is 11.5 Å². The fourth-order valence-electron chi connectivity index (χ4n) is 2.70. The molecule has 0 saturated carbocycles. The summed E-state index contributed by atoms with van der Waals surface area (Å²) in [5.41, 5.74) is 5.51. The van der Waals surface area contributed by atoms with E-state index in [4.69, 9.17) is 4.74 Å². The van der Waals surface area contributed by atoms with Crippen LogP contribution in [0.4, 0.5) is 10.2 Å². The molecule has 0 fully saturated rings. The van der Waals surface area contributed by atoms with Gasteiger partial charge in [0.2, 0.25) is 0 Å². The van der Waals surface area contributed by atoms with E-state index < -0.39 is 0 Å². The van der Waals surface area contributed by atoms with Crippen LogP contribution < -0.4 is 10.2 Å². The number of aromatic nitrogens is 3. The third-order valence-corrected chi connectivity index (χ3v) is 3.93. The Hall–Kier alpha value is -3.68. The van der Waals surface area contributed by atoms with Gasteiger partial charge in [0.15, 0.2) is 17.3 Å². The van der Waals surface area contributed by atoms with Crippen molar-refractivity contribution >= 4 is 34.0 Å². The maximum atomic E-state index is 13.5. The largest absolute Gasteiger partial charge is 0.504 e. The number of H-pyrrole nitrogens is 1. The first-order valence-corrected chi connectivity index (χ1v) is 7.74. The second kappa shape index (κ2) is 6.32. The molecule has 2 aromatic carbocycles. The molecule has 3 N–H and O–H groups in total. The van der Waals surface area contributed by atoms with Crippen molar-refractivity contribution in [2.75, 3.05) is 12.5 Å². The first-order chi connectivity index (χ1) is 12.7. The lowest BCUT2D eigenvalue weighted by Gasteiger charge is -2.03. The van der Waals surface area contributed by atoms with E-state index in [0.717, 1.165) is 5.52 Å². The second-order valence-corrected chi connectivity index (χ2v) is 5.56. The topological polar surface area (TPSA) is 95.4 Å². The normalized spacial score (nSPS) is 11.5. The number of hydrogen-bond acceptors (Lipinski definition) is 6. The standard InChI is InChI=1S/C18H14FN5O2/c1-26-15-5-2-10(6-14(15)25)8-22-24-18-17-16(20-9-21-18)12-7-11(19)3-4-13(12)23-17/h2-9,23,25H,1H3,(H,20,21,24). The number of benzene rings is 2. The Labute approximate surface area is 147 Å². The van der Waals surface area contributed by atoms with E-state index in [1.165, 1.54) is 37.9 Å². The number of hydrogen-bond donors (Lipinski definition) is 3. The van der Waals surface area contributed by atoms with Gasteiger partial charge in [-0.05, 0) is 42.0 Å². The van der Waals surface area contributed by atoms with Gasteiger partial charge in [0, 0.05) is 10.9 Å². The Morgan fingerprint density at radius 2 is 2.12 bits per heavy atom. The molecule has 8 heteroatoms. The van der Waals surface area contributed by atoms with Crippen molar-refractivity contribution < 1.29 is 14.2 Å². The van der Waals surface area contributed by atoms with Crippen molar-refractivity contribution in [3.63, 3.8) is 0 Å². The van der Waals surface area contributed by atoms with Crippen molar-refractivity contribution in [1.29, 1.82) is 0 Å². The van der Waals surface area contributed by atoms with Gasteiger partial charge in [-0.25, -0.2) is 14.4 Å². The zero-order valence-electron chi connectivity index (χ0n) is 13.7. The number of hydrazone groups is 1. The Kier molecular flexibility index (Phi) is 3.85. The van der Waals surface area contributed by atoms with E-state index in [1.54, 1.807) is 18.2 Å². The molecule has 0 aliphatic carbocycles. The summed E-state index contributed by atoms with van der Waals surface area (Å²) in [6.45, 7) is 0. The van der Waals surface area contributed by atoms with Gasteiger partial charge in [0.1, 0.15) is 23.2 Å². The fourth-order valence-corrected chi connectivity index (χ4v) is 2.70. The van der Waals surface area contributed by atoms with E-state index in [0.29, 0.717) is 33.6 Å². The molecule has 0 amide bonds. The molecule has 0 saturated heterocycles. The molecule has 26 heavy (non-hydrogen) atoms. The van der Waals surface area contributed by atoms with Gasteiger partial charge in [-0.15, -0.1) is 0 Å². The van der Waals surface area contributed by atoms with Gasteiger partial charge in [-0.3, -0.25) is 5.43 Å². The van der Waals surface area contributed by atoms with Crippen LogP contribution in [0.5, 0.6) is 11.5 Å². The van der Waals surface area contributed by atoms with Crippen LogP contribution in [0.1, 0.15) is 5.56 Å². The highest BCUT2D eigenvalue weighted by molar-refractivity contribution is 6.08. The average Bonchev–Trinajstić information content (AvgIpc) is 3.01. The van der Waals surface area contributed by atoms with Crippen LogP contribution in [0.15, 0.2) is 47.8 Å². The third kappa shape index (κ3) is 2.77. The van der Waals surface area contributed by atoms with Gasteiger partial charge in [-0.2, -0.15) is 5.10 Å². The summed E-state index contributed by atoms with van der Waals surface area (Å²) in [5.74, 6) is 0.542. The first-order valence-electron chi connectivity index (χ1n) is 7.74. The van der Waals surface area contributed by atoms with E-state index >= 15 is 0 Å². The quantitative estimate of drug-likeness (QED) is 0.387. The highest BCUT2D eigenvalue weighted by Crippen LogP contribution is 2.28. The summed E-state index contributed by atoms with van der Waals surface area (Å²) >= 11 is 0. The molecule has 2 aromatic heterocycles. The predicted molar refractivity (Wildman–Crippen MR) is 97.2 cm³/mol. The van der Waals surface area contributed by atoms with Crippen molar-refractivity contribution in [2.45, 2.75) is 0 Å². The lowest BCUT2D eigenvalue weighted by molar-refractivity contribution is 0.373. The van der Waals surface area contributed by atoms with Crippen LogP contribution in [0, 0.1) is 5.82 Å². The lowest BCUT2D eigenvalue weighted by atomic mass is 10.2. The van der Waals surface area contributed by atoms with Crippen molar-refractivity contribution in [2.24, 2.45) is 5.10 Å². The molecule has 130 valence electrons. The van der Waals surface area contributed by atoms with Gasteiger partial charge in [-0.1, -0.05) is 0 Å². The van der Waals surface area contributed by atoms with E-state index in [1.807, 2.05) is 0 Å². The zero-order chi connectivity index (χ0) is 18.1. The van der Waals surface area contributed by atoms with Crippen LogP contribution in [0.2, 0.25) is 0 Å². The molecule has 2 heterocycles. The number of anilines is 1. The van der Waals surface area contributed by atoms with Gasteiger partial charge >= 0.3 is 0 Å². The Morgan fingerprint density at radius 1 is 1.23 bits per heavy atom. The first kappa shape index (κ1) is 15.8. The maximum absolute atomic E-state index is 13.5. The minimum atomic E-state index is -0.330. The molecular formula is C18H14FN5O2. The van der Waals surface area contributed by atoms with Crippen LogP contribution >= 0.6 is 0 Å². The van der Waals surface area contributed by atoms with E-state index in [9.17, 15) is 9.50 Å². The summed E-state index contributed by atoms with van der Waals surface area (Å²) < 4.78 is 18.5. The molecule has 0 aliphatic heterocycles.